The number of aliphatic hydroxyl groups excluding tert-OH is 1. The van der Waals surface area contributed by atoms with E-state index in [-0.39, 0.29) is 31.1 Å². The van der Waals surface area contributed by atoms with Gasteiger partial charge in [-0.05, 0) is 12.8 Å². The third-order valence-corrected chi connectivity index (χ3v) is 4.79. The standard InChI is InChI=1S/C14H22N2O5/c17-9-7-11(13(18)19)16(8-9)14(20)15-5-6-21-12-4-2-1-3-10(12)15/h9-12,17H,1-8H2,(H,18,19). The second-order valence-electron chi connectivity index (χ2n) is 6.13. The zero-order valence-corrected chi connectivity index (χ0v) is 12.0. The Morgan fingerprint density at radius 1 is 1.14 bits per heavy atom. The smallest absolute Gasteiger partial charge is 0.326 e. The predicted molar refractivity (Wildman–Crippen MR) is 72.9 cm³/mol. The molecule has 2 amide bonds. The van der Waals surface area contributed by atoms with Crippen LogP contribution in [0.3, 0.4) is 0 Å². The van der Waals surface area contributed by atoms with Gasteiger partial charge < -0.3 is 24.7 Å². The molecule has 4 atom stereocenters. The van der Waals surface area contributed by atoms with Crippen molar-refractivity contribution in [1.29, 1.82) is 0 Å². The van der Waals surface area contributed by atoms with Gasteiger partial charge in [-0.25, -0.2) is 9.59 Å². The van der Waals surface area contributed by atoms with Crippen LogP contribution in [0.1, 0.15) is 32.1 Å². The Kier molecular flexibility index (Phi) is 4.03. The number of carbonyl (C=O) groups excluding carboxylic acids is 1. The second kappa shape index (κ2) is 5.81. The molecule has 1 aliphatic carbocycles. The number of ether oxygens (including phenoxy) is 1. The molecule has 118 valence electrons. The molecule has 0 aromatic rings. The number of likely N-dealkylation sites (tertiary alicyclic amines) is 1. The van der Waals surface area contributed by atoms with Crippen molar-refractivity contribution in [1.82, 2.24) is 9.80 Å². The zero-order chi connectivity index (χ0) is 15.0. The summed E-state index contributed by atoms with van der Waals surface area (Å²) in [6.45, 7) is 1.10. The van der Waals surface area contributed by atoms with E-state index < -0.39 is 18.1 Å². The van der Waals surface area contributed by atoms with Gasteiger partial charge in [-0.2, -0.15) is 0 Å². The Morgan fingerprint density at radius 3 is 2.67 bits per heavy atom. The van der Waals surface area contributed by atoms with Gasteiger partial charge in [-0.3, -0.25) is 0 Å². The number of β-amino-alcohol motifs (C(OH)–C–C–N with tert-alkyl or cyclic N) is 1. The summed E-state index contributed by atoms with van der Waals surface area (Å²) in [6, 6.07) is -1.14. The summed E-state index contributed by atoms with van der Waals surface area (Å²) in [7, 11) is 0. The van der Waals surface area contributed by atoms with Gasteiger partial charge in [-0.15, -0.1) is 0 Å². The number of fused-ring (bicyclic) bond motifs is 1. The summed E-state index contributed by atoms with van der Waals surface area (Å²) in [4.78, 5) is 27.1. The Morgan fingerprint density at radius 2 is 1.90 bits per heavy atom. The fourth-order valence-electron chi connectivity index (χ4n) is 3.76. The van der Waals surface area contributed by atoms with Gasteiger partial charge in [0.2, 0.25) is 0 Å². The number of hydrogen-bond donors (Lipinski definition) is 2. The summed E-state index contributed by atoms with van der Waals surface area (Å²) in [5, 5.41) is 18.9. The summed E-state index contributed by atoms with van der Waals surface area (Å²) in [5.41, 5.74) is 0. The minimum absolute atomic E-state index is 0.0483. The quantitative estimate of drug-likeness (QED) is 0.725. The van der Waals surface area contributed by atoms with Gasteiger partial charge in [-0.1, -0.05) is 12.8 Å². The maximum Gasteiger partial charge on any atom is 0.326 e. The molecule has 4 unspecified atom stereocenters. The fourth-order valence-corrected chi connectivity index (χ4v) is 3.76. The van der Waals surface area contributed by atoms with Crippen LogP contribution >= 0.6 is 0 Å². The van der Waals surface area contributed by atoms with Crippen LogP contribution in [-0.4, -0.2) is 76.0 Å². The first-order chi connectivity index (χ1) is 10.1. The third-order valence-electron chi connectivity index (χ3n) is 4.79. The van der Waals surface area contributed by atoms with Crippen molar-refractivity contribution >= 4 is 12.0 Å². The average Bonchev–Trinajstić information content (AvgIpc) is 2.88. The fraction of sp³-hybridized carbons (Fsp3) is 0.857. The van der Waals surface area contributed by atoms with Crippen LogP contribution in [0.4, 0.5) is 4.79 Å². The maximum atomic E-state index is 12.7. The normalized spacial score (nSPS) is 36.4. The number of nitrogens with zero attached hydrogens (tertiary/aromatic N) is 2. The number of carboxylic acids is 1. The lowest BCUT2D eigenvalue weighted by atomic mass is 9.90. The van der Waals surface area contributed by atoms with Crippen LogP contribution in [0, 0.1) is 0 Å². The highest BCUT2D eigenvalue weighted by atomic mass is 16.5. The Bertz CT molecular complexity index is 428. The van der Waals surface area contributed by atoms with E-state index in [9.17, 15) is 19.8 Å². The molecule has 3 fully saturated rings. The van der Waals surface area contributed by atoms with Crippen molar-refractivity contribution in [2.24, 2.45) is 0 Å². The van der Waals surface area contributed by atoms with E-state index in [1.807, 2.05) is 0 Å². The zero-order valence-electron chi connectivity index (χ0n) is 12.0. The van der Waals surface area contributed by atoms with Crippen molar-refractivity contribution in [3.8, 4) is 0 Å². The van der Waals surface area contributed by atoms with Crippen molar-refractivity contribution in [3.05, 3.63) is 0 Å². The van der Waals surface area contributed by atoms with Crippen LogP contribution < -0.4 is 0 Å². The molecular weight excluding hydrogens is 276 g/mol. The number of morpholine rings is 1. The second-order valence-corrected chi connectivity index (χ2v) is 6.13. The topological polar surface area (TPSA) is 90.3 Å². The molecular formula is C14H22N2O5. The Balaban J connectivity index is 1.75. The van der Waals surface area contributed by atoms with Gasteiger partial charge in [0, 0.05) is 19.5 Å². The molecule has 3 rings (SSSR count). The third kappa shape index (κ3) is 2.72. The Labute approximate surface area is 123 Å². The van der Waals surface area contributed by atoms with Gasteiger partial charge in [0.1, 0.15) is 6.04 Å². The number of hydrogen-bond acceptors (Lipinski definition) is 4. The van der Waals surface area contributed by atoms with E-state index in [4.69, 9.17) is 4.74 Å². The monoisotopic (exact) mass is 298 g/mol. The lowest BCUT2D eigenvalue weighted by molar-refractivity contribution is -0.141. The number of carbonyl (C=O) groups is 2. The van der Waals surface area contributed by atoms with Crippen LogP contribution in [0.15, 0.2) is 0 Å². The van der Waals surface area contributed by atoms with Gasteiger partial charge in [0.05, 0.1) is 24.9 Å². The first-order valence-corrected chi connectivity index (χ1v) is 7.67. The first-order valence-electron chi connectivity index (χ1n) is 7.67. The molecule has 2 aliphatic heterocycles. The molecule has 0 aromatic carbocycles. The van der Waals surface area contributed by atoms with Crippen molar-refractivity contribution in [2.45, 2.75) is 56.4 Å². The van der Waals surface area contributed by atoms with E-state index in [2.05, 4.69) is 0 Å². The number of aliphatic carboxylic acids is 1. The number of aliphatic hydroxyl groups is 1. The highest BCUT2D eigenvalue weighted by Gasteiger charge is 2.44. The molecule has 2 N–H and O–H groups in total. The molecule has 7 heteroatoms. The molecule has 3 aliphatic rings. The number of rotatable bonds is 1. The SMILES string of the molecule is O=C(O)C1CC(O)CN1C(=O)N1CCOC2CCCCC21. The highest BCUT2D eigenvalue weighted by Crippen LogP contribution is 2.30. The number of amides is 2. The summed E-state index contributed by atoms with van der Waals surface area (Å²) in [6.07, 6.45) is 3.48. The highest BCUT2D eigenvalue weighted by molar-refractivity contribution is 5.83. The molecule has 2 saturated heterocycles. The molecule has 0 aromatic heterocycles. The van der Waals surface area contributed by atoms with Gasteiger partial charge >= 0.3 is 12.0 Å². The molecule has 21 heavy (non-hydrogen) atoms. The van der Waals surface area contributed by atoms with Gasteiger partial charge in [0.15, 0.2) is 0 Å². The van der Waals surface area contributed by atoms with Crippen LogP contribution in [-0.2, 0) is 9.53 Å². The lowest BCUT2D eigenvalue weighted by Crippen LogP contribution is -2.59. The van der Waals surface area contributed by atoms with Crippen LogP contribution in [0.5, 0.6) is 0 Å². The van der Waals surface area contributed by atoms with Crippen molar-refractivity contribution in [2.75, 3.05) is 19.7 Å². The van der Waals surface area contributed by atoms with E-state index in [0.717, 1.165) is 25.7 Å². The van der Waals surface area contributed by atoms with E-state index in [0.29, 0.717) is 13.2 Å². The molecule has 7 nitrogen and oxygen atoms in total. The van der Waals surface area contributed by atoms with Crippen molar-refractivity contribution < 1.29 is 24.5 Å². The molecule has 1 saturated carbocycles. The van der Waals surface area contributed by atoms with Crippen LogP contribution in [0.2, 0.25) is 0 Å². The lowest BCUT2D eigenvalue weighted by Gasteiger charge is -2.45. The van der Waals surface area contributed by atoms with Crippen LogP contribution in [0.25, 0.3) is 0 Å². The average molecular weight is 298 g/mol. The number of carboxylic acid groups (broad SMARTS) is 1. The molecule has 0 bridgehead atoms. The largest absolute Gasteiger partial charge is 0.480 e. The summed E-state index contributed by atoms with van der Waals surface area (Å²) < 4.78 is 5.74. The molecule has 0 spiro atoms. The van der Waals surface area contributed by atoms with Gasteiger partial charge in [0.25, 0.3) is 0 Å². The maximum absolute atomic E-state index is 12.7. The minimum atomic E-state index is -1.05. The molecule has 0 radical (unpaired) electrons. The first kappa shape index (κ1) is 14.6. The minimum Gasteiger partial charge on any atom is -0.480 e. The molecule has 2 heterocycles. The van der Waals surface area contributed by atoms with E-state index >= 15 is 0 Å². The Hall–Kier alpha value is -1.34. The van der Waals surface area contributed by atoms with E-state index in [1.54, 1.807) is 4.90 Å². The summed E-state index contributed by atoms with van der Waals surface area (Å²) in [5.74, 6) is -1.05. The predicted octanol–water partition coefficient (Wildman–Crippen LogP) is 0.270. The van der Waals surface area contributed by atoms with E-state index in [1.165, 1.54) is 4.90 Å². The van der Waals surface area contributed by atoms with Crippen molar-refractivity contribution in [3.63, 3.8) is 0 Å². The summed E-state index contributed by atoms with van der Waals surface area (Å²) >= 11 is 0. The number of urea groups is 1.